The zero-order chi connectivity index (χ0) is 17.5. The van der Waals surface area contributed by atoms with Gasteiger partial charge >= 0.3 is 6.03 Å². The number of aliphatic hydroxyl groups is 1. The normalized spacial score (nSPS) is 18.8. The molecule has 5 heteroatoms. The number of urea groups is 1. The zero-order valence-corrected chi connectivity index (χ0v) is 15.1. The van der Waals surface area contributed by atoms with Gasteiger partial charge in [-0.1, -0.05) is 37.3 Å². The number of nitrogens with one attached hydrogen (secondary N) is 1. The first-order valence-corrected chi connectivity index (χ1v) is 8.93. The summed E-state index contributed by atoms with van der Waals surface area (Å²) in [6, 6.07) is 10.3. The van der Waals surface area contributed by atoms with E-state index in [2.05, 4.69) is 41.4 Å². The van der Waals surface area contributed by atoms with Crippen LogP contribution in [0.5, 0.6) is 0 Å². The molecular formula is C19H31N3O2. The summed E-state index contributed by atoms with van der Waals surface area (Å²) in [5.74, 6) is 0.781. The molecule has 1 saturated heterocycles. The van der Waals surface area contributed by atoms with E-state index in [0.717, 1.165) is 19.0 Å². The SMILES string of the molecule is CC1CCN(C(CNC(=O)N(C)C(C)CO)c2ccccc2)CC1. The van der Waals surface area contributed by atoms with Crippen molar-refractivity contribution in [2.24, 2.45) is 5.92 Å². The summed E-state index contributed by atoms with van der Waals surface area (Å²) in [5, 5.41) is 12.2. The van der Waals surface area contributed by atoms with Crippen LogP contribution in [0, 0.1) is 5.92 Å². The molecule has 1 aliphatic heterocycles. The molecule has 1 aliphatic rings. The Labute approximate surface area is 145 Å². The minimum absolute atomic E-state index is 0.0317. The molecule has 0 saturated carbocycles. The van der Waals surface area contributed by atoms with Gasteiger partial charge in [0.15, 0.2) is 0 Å². The zero-order valence-electron chi connectivity index (χ0n) is 15.1. The fourth-order valence-corrected chi connectivity index (χ4v) is 3.10. The van der Waals surface area contributed by atoms with Gasteiger partial charge in [0.05, 0.1) is 18.7 Å². The molecule has 0 bridgehead atoms. The summed E-state index contributed by atoms with van der Waals surface area (Å²) in [4.78, 5) is 16.3. The number of likely N-dealkylation sites (tertiary alicyclic amines) is 1. The topological polar surface area (TPSA) is 55.8 Å². The molecule has 2 amide bonds. The van der Waals surface area contributed by atoms with Crippen molar-refractivity contribution in [2.45, 2.75) is 38.8 Å². The van der Waals surface area contributed by atoms with E-state index in [1.165, 1.54) is 18.4 Å². The Morgan fingerprint density at radius 2 is 1.96 bits per heavy atom. The van der Waals surface area contributed by atoms with Crippen LogP contribution < -0.4 is 5.32 Å². The first-order valence-electron chi connectivity index (χ1n) is 8.93. The molecule has 1 heterocycles. The van der Waals surface area contributed by atoms with Crippen molar-refractivity contribution in [3.05, 3.63) is 35.9 Å². The summed E-state index contributed by atoms with van der Waals surface area (Å²) < 4.78 is 0. The van der Waals surface area contributed by atoms with Gasteiger partial charge in [-0.05, 0) is 44.3 Å². The number of amides is 2. The molecule has 0 aliphatic carbocycles. The average Bonchev–Trinajstić information content (AvgIpc) is 2.62. The van der Waals surface area contributed by atoms with E-state index < -0.39 is 0 Å². The minimum atomic E-state index is -0.184. The van der Waals surface area contributed by atoms with E-state index in [4.69, 9.17) is 0 Å². The van der Waals surface area contributed by atoms with Gasteiger partial charge in [-0.15, -0.1) is 0 Å². The number of likely N-dealkylation sites (N-methyl/N-ethyl adjacent to an activating group) is 1. The van der Waals surface area contributed by atoms with Gasteiger partial charge in [-0.2, -0.15) is 0 Å². The van der Waals surface area contributed by atoms with Crippen molar-refractivity contribution in [1.29, 1.82) is 0 Å². The third-order valence-electron chi connectivity index (χ3n) is 5.14. The lowest BCUT2D eigenvalue weighted by atomic mass is 9.95. The lowest BCUT2D eigenvalue weighted by molar-refractivity contribution is 0.129. The maximum atomic E-state index is 12.3. The predicted molar refractivity (Wildman–Crippen MR) is 96.9 cm³/mol. The predicted octanol–water partition coefficient (Wildman–Crippen LogP) is 2.48. The van der Waals surface area contributed by atoms with Crippen LogP contribution in [-0.2, 0) is 0 Å². The van der Waals surface area contributed by atoms with E-state index in [1.54, 1.807) is 11.9 Å². The number of carbonyl (C=O) groups excluding carboxylic acids is 1. The molecule has 0 aromatic heterocycles. The highest BCUT2D eigenvalue weighted by Gasteiger charge is 2.25. The number of aliphatic hydroxyl groups excluding tert-OH is 1. The summed E-state index contributed by atoms with van der Waals surface area (Å²) in [6.45, 7) is 6.83. The highest BCUT2D eigenvalue weighted by molar-refractivity contribution is 5.74. The molecule has 24 heavy (non-hydrogen) atoms. The number of benzene rings is 1. The van der Waals surface area contributed by atoms with Crippen LogP contribution in [-0.4, -0.2) is 60.3 Å². The van der Waals surface area contributed by atoms with E-state index in [9.17, 15) is 9.90 Å². The van der Waals surface area contributed by atoms with Crippen molar-refractivity contribution < 1.29 is 9.90 Å². The lowest BCUT2D eigenvalue weighted by Crippen LogP contribution is -2.47. The lowest BCUT2D eigenvalue weighted by Gasteiger charge is -2.37. The highest BCUT2D eigenvalue weighted by atomic mass is 16.3. The van der Waals surface area contributed by atoms with Gasteiger partial charge in [-0.3, -0.25) is 4.90 Å². The van der Waals surface area contributed by atoms with Crippen molar-refractivity contribution in [1.82, 2.24) is 15.1 Å². The minimum Gasteiger partial charge on any atom is -0.394 e. The number of piperidine rings is 1. The van der Waals surface area contributed by atoms with Crippen LogP contribution in [0.25, 0.3) is 0 Å². The first kappa shape index (κ1) is 18.7. The fourth-order valence-electron chi connectivity index (χ4n) is 3.10. The molecule has 5 nitrogen and oxygen atoms in total. The standard InChI is InChI=1S/C19H31N3O2/c1-15-9-11-22(12-10-15)18(17-7-5-4-6-8-17)13-20-19(24)21(3)16(2)14-23/h4-8,15-16,18,23H,9-14H2,1-3H3,(H,20,24). The Balaban J connectivity index is 2.02. The summed E-state index contributed by atoms with van der Waals surface area (Å²) in [6.07, 6.45) is 2.41. The maximum Gasteiger partial charge on any atom is 0.317 e. The number of rotatable bonds is 6. The second kappa shape index (κ2) is 9.04. The molecule has 1 aromatic carbocycles. The Hall–Kier alpha value is -1.59. The molecule has 2 atom stereocenters. The van der Waals surface area contributed by atoms with Crippen LogP contribution in [0.2, 0.25) is 0 Å². The Morgan fingerprint density at radius 1 is 1.33 bits per heavy atom. The molecule has 134 valence electrons. The second-order valence-electron chi connectivity index (χ2n) is 6.97. The van der Waals surface area contributed by atoms with E-state index in [1.807, 2.05) is 13.0 Å². The number of hydrogen-bond donors (Lipinski definition) is 2. The van der Waals surface area contributed by atoms with Gasteiger partial charge in [0.25, 0.3) is 0 Å². The van der Waals surface area contributed by atoms with Crippen LogP contribution in [0.1, 0.15) is 38.3 Å². The number of hydrogen-bond acceptors (Lipinski definition) is 3. The van der Waals surface area contributed by atoms with Crippen molar-refractivity contribution in [3.8, 4) is 0 Å². The van der Waals surface area contributed by atoms with E-state index in [0.29, 0.717) is 6.54 Å². The van der Waals surface area contributed by atoms with Crippen LogP contribution in [0.3, 0.4) is 0 Å². The maximum absolute atomic E-state index is 12.3. The molecule has 2 N–H and O–H groups in total. The van der Waals surface area contributed by atoms with Gasteiger partial charge in [0, 0.05) is 13.6 Å². The second-order valence-corrected chi connectivity index (χ2v) is 6.97. The third-order valence-corrected chi connectivity index (χ3v) is 5.14. The molecular weight excluding hydrogens is 302 g/mol. The van der Waals surface area contributed by atoms with Crippen LogP contribution >= 0.6 is 0 Å². The summed E-state index contributed by atoms with van der Waals surface area (Å²) >= 11 is 0. The number of carbonyl (C=O) groups is 1. The Morgan fingerprint density at radius 3 is 2.54 bits per heavy atom. The number of nitrogens with zero attached hydrogens (tertiary/aromatic N) is 2. The summed E-state index contributed by atoms with van der Waals surface area (Å²) in [5.41, 5.74) is 1.24. The molecule has 0 radical (unpaired) electrons. The average molecular weight is 333 g/mol. The van der Waals surface area contributed by atoms with Gasteiger partial charge in [0.1, 0.15) is 0 Å². The molecule has 2 rings (SSSR count). The van der Waals surface area contributed by atoms with Crippen molar-refractivity contribution >= 4 is 6.03 Å². The molecule has 2 unspecified atom stereocenters. The quantitative estimate of drug-likeness (QED) is 0.841. The molecule has 1 fully saturated rings. The van der Waals surface area contributed by atoms with Crippen molar-refractivity contribution in [2.75, 3.05) is 33.3 Å². The van der Waals surface area contributed by atoms with Crippen LogP contribution in [0.15, 0.2) is 30.3 Å². The summed E-state index contributed by atoms with van der Waals surface area (Å²) in [7, 11) is 1.72. The van der Waals surface area contributed by atoms with E-state index in [-0.39, 0.29) is 24.7 Å². The Bertz CT molecular complexity index is 501. The monoisotopic (exact) mass is 333 g/mol. The first-order chi connectivity index (χ1) is 11.5. The molecule has 1 aromatic rings. The van der Waals surface area contributed by atoms with E-state index >= 15 is 0 Å². The molecule has 0 spiro atoms. The Kier molecular flexibility index (Phi) is 7.06. The highest BCUT2D eigenvalue weighted by Crippen LogP contribution is 2.26. The van der Waals surface area contributed by atoms with Gasteiger partial charge in [-0.25, -0.2) is 4.79 Å². The van der Waals surface area contributed by atoms with Gasteiger partial charge in [0.2, 0.25) is 0 Å². The van der Waals surface area contributed by atoms with Crippen LogP contribution in [0.4, 0.5) is 4.79 Å². The third kappa shape index (κ3) is 4.95. The van der Waals surface area contributed by atoms with Crippen molar-refractivity contribution in [3.63, 3.8) is 0 Å². The largest absolute Gasteiger partial charge is 0.394 e. The fraction of sp³-hybridized carbons (Fsp3) is 0.632. The van der Waals surface area contributed by atoms with Gasteiger partial charge < -0.3 is 15.3 Å². The smallest absolute Gasteiger partial charge is 0.317 e.